The van der Waals surface area contributed by atoms with Crippen LogP contribution in [0.3, 0.4) is 0 Å². The summed E-state index contributed by atoms with van der Waals surface area (Å²) in [6, 6.07) is 8.34. The van der Waals surface area contributed by atoms with Crippen molar-refractivity contribution in [1.82, 2.24) is 4.90 Å². The number of ketones is 1. The molecule has 0 saturated heterocycles. The number of hydrogen-bond donors (Lipinski definition) is 0. The highest BCUT2D eigenvalue weighted by atomic mass is 16.5. The van der Waals surface area contributed by atoms with Gasteiger partial charge in [-0.1, -0.05) is 12.1 Å². The number of nitrogens with zero attached hydrogens (tertiary/aromatic N) is 1. The van der Waals surface area contributed by atoms with Gasteiger partial charge < -0.3 is 9.64 Å². The van der Waals surface area contributed by atoms with E-state index in [1.54, 1.807) is 7.11 Å². The number of ether oxygens (including phenoxy) is 1. The summed E-state index contributed by atoms with van der Waals surface area (Å²) in [5, 5.41) is 0. The van der Waals surface area contributed by atoms with E-state index in [0.29, 0.717) is 18.6 Å². The van der Waals surface area contributed by atoms with E-state index in [-0.39, 0.29) is 5.41 Å². The second-order valence-electron chi connectivity index (χ2n) is 5.79. The molecule has 1 saturated carbocycles. The lowest BCUT2D eigenvalue weighted by atomic mass is 9.69. The van der Waals surface area contributed by atoms with Gasteiger partial charge >= 0.3 is 0 Å². The molecule has 104 valence electrons. The molecule has 3 heteroatoms. The fraction of sp³-hybridized carbons (Fsp3) is 0.562. The van der Waals surface area contributed by atoms with Crippen molar-refractivity contribution in [2.45, 2.75) is 31.1 Å². The van der Waals surface area contributed by atoms with Crippen LogP contribution in [0.2, 0.25) is 0 Å². The van der Waals surface area contributed by atoms with Crippen molar-refractivity contribution in [3.8, 4) is 5.75 Å². The first-order chi connectivity index (χ1) is 9.05. The van der Waals surface area contributed by atoms with Crippen molar-refractivity contribution >= 4 is 5.78 Å². The van der Waals surface area contributed by atoms with E-state index < -0.39 is 0 Å². The molecule has 3 nitrogen and oxygen atoms in total. The maximum atomic E-state index is 11.5. The number of methoxy groups -OCH3 is 1. The van der Waals surface area contributed by atoms with Crippen molar-refractivity contribution in [1.29, 1.82) is 0 Å². The van der Waals surface area contributed by atoms with Gasteiger partial charge in [0.05, 0.1) is 7.11 Å². The highest BCUT2D eigenvalue weighted by molar-refractivity contribution is 5.79. The van der Waals surface area contributed by atoms with Crippen LogP contribution in [0.15, 0.2) is 24.3 Å². The Hall–Kier alpha value is -1.35. The van der Waals surface area contributed by atoms with Crippen LogP contribution in [0.5, 0.6) is 5.75 Å². The highest BCUT2D eigenvalue weighted by Crippen LogP contribution is 2.39. The van der Waals surface area contributed by atoms with Crippen LogP contribution in [-0.4, -0.2) is 38.4 Å². The van der Waals surface area contributed by atoms with Crippen LogP contribution in [0.25, 0.3) is 0 Å². The topological polar surface area (TPSA) is 29.5 Å². The molecule has 1 aromatic rings. The van der Waals surface area contributed by atoms with Gasteiger partial charge in [-0.15, -0.1) is 0 Å². The number of carbonyl (C=O) groups excluding carboxylic acids is 1. The molecule has 1 aliphatic carbocycles. The molecule has 1 aromatic carbocycles. The Morgan fingerprint density at radius 3 is 2.21 bits per heavy atom. The molecule has 0 bridgehead atoms. The van der Waals surface area contributed by atoms with Crippen molar-refractivity contribution in [2.75, 3.05) is 27.7 Å². The van der Waals surface area contributed by atoms with Crippen LogP contribution in [0.1, 0.15) is 31.2 Å². The Bertz CT molecular complexity index is 427. The predicted octanol–water partition coefficient (Wildman–Crippen LogP) is 2.64. The molecule has 0 atom stereocenters. The lowest BCUT2D eigenvalue weighted by Crippen LogP contribution is -2.41. The number of benzene rings is 1. The molecule has 0 aromatic heterocycles. The van der Waals surface area contributed by atoms with Gasteiger partial charge in [0.1, 0.15) is 11.5 Å². The van der Waals surface area contributed by atoms with E-state index in [0.717, 1.165) is 25.1 Å². The standard InChI is InChI=1S/C16H23NO2/c1-17(2)12-16(10-8-14(18)9-11-16)13-4-6-15(19-3)7-5-13/h4-7H,8-12H2,1-3H3. The van der Waals surface area contributed by atoms with Crippen LogP contribution >= 0.6 is 0 Å². The summed E-state index contributed by atoms with van der Waals surface area (Å²) in [5.74, 6) is 1.29. The second kappa shape index (κ2) is 5.74. The highest BCUT2D eigenvalue weighted by Gasteiger charge is 2.36. The Labute approximate surface area is 115 Å². The third-order valence-electron chi connectivity index (χ3n) is 4.09. The normalized spacial score (nSPS) is 18.6. The monoisotopic (exact) mass is 261 g/mol. The van der Waals surface area contributed by atoms with Crippen molar-refractivity contribution in [3.63, 3.8) is 0 Å². The molecule has 1 aliphatic rings. The summed E-state index contributed by atoms with van der Waals surface area (Å²) < 4.78 is 5.22. The van der Waals surface area contributed by atoms with Gasteiger partial charge in [0.25, 0.3) is 0 Å². The number of likely N-dealkylation sites (N-methyl/N-ethyl adjacent to an activating group) is 1. The number of hydrogen-bond acceptors (Lipinski definition) is 3. The van der Waals surface area contributed by atoms with Gasteiger partial charge in [0.2, 0.25) is 0 Å². The lowest BCUT2D eigenvalue weighted by Gasteiger charge is -2.39. The van der Waals surface area contributed by atoms with Crippen LogP contribution in [0, 0.1) is 0 Å². The third kappa shape index (κ3) is 3.16. The molecule has 0 aliphatic heterocycles. The first-order valence-corrected chi connectivity index (χ1v) is 6.87. The van der Waals surface area contributed by atoms with Crippen molar-refractivity contribution < 1.29 is 9.53 Å². The predicted molar refractivity (Wildman–Crippen MR) is 76.7 cm³/mol. The SMILES string of the molecule is COc1ccc(C2(CN(C)C)CCC(=O)CC2)cc1. The summed E-state index contributed by atoms with van der Waals surface area (Å²) in [4.78, 5) is 13.8. The molecular weight excluding hydrogens is 238 g/mol. The number of Topliss-reactive ketones (excluding diaryl/α,β-unsaturated/α-hetero) is 1. The van der Waals surface area contributed by atoms with Gasteiger partial charge in [-0.2, -0.15) is 0 Å². The molecule has 2 rings (SSSR count). The Balaban J connectivity index is 2.28. The van der Waals surface area contributed by atoms with Crippen LogP contribution < -0.4 is 4.74 Å². The summed E-state index contributed by atoms with van der Waals surface area (Å²) in [5.41, 5.74) is 1.44. The molecule has 0 N–H and O–H groups in total. The van der Waals surface area contributed by atoms with E-state index >= 15 is 0 Å². The zero-order chi connectivity index (χ0) is 13.9. The smallest absolute Gasteiger partial charge is 0.132 e. The van der Waals surface area contributed by atoms with Crippen molar-refractivity contribution in [3.05, 3.63) is 29.8 Å². The zero-order valence-electron chi connectivity index (χ0n) is 12.1. The molecule has 0 heterocycles. The third-order valence-corrected chi connectivity index (χ3v) is 4.09. The van der Waals surface area contributed by atoms with E-state index in [1.165, 1.54) is 5.56 Å². The molecule has 0 spiro atoms. The van der Waals surface area contributed by atoms with Gasteiger partial charge in [-0.05, 0) is 44.6 Å². The Kier molecular flexibility index (Phi) is 4.25. The maximum absolute atomic E-state index is 11.5. The van der Waals surface area contributed by atoms with E-state index in [1.807, 2.05) is 12.1 Å². The first kappa shape index (κ1) is 14.1. The molecule has 0 unspecified atom stereocenters. The summed E-state index contributed by atoms with van der Waals surface area (Å²) in [7, 11) is 5.88. The lowest BCUT2D eigenvalue weighted by molar-refractivity contribution is -0.121. The first-order valence-electron chi connectivity index (χ1n) is 6.87. The van der Waals surface area contributed by atoms with Crippen LogP contribution in [-0.2, 0) is 10.2 Å². The zero-order valence-corrected chi connectivity index (χ0v) is 12.1. The average molecular weight is 261 g/mol. The maximum Gasteiger partial charge on any atom is 0.132 e. The Morgan fingerprint density at radius 1 is 1.16 bits per heavy atom. The quantitative estimate of drug-likeness (QED) is 0.834. The van der Waals surface area contributed by atoms with Crippen molar-refractivity contribution in [2.24, 2.45) is 0 Å². The van der Waals surface area contributed by atoms with E-state index in [9.17, 15) is 4.79 Å². The Morgan fingerprint density at radius 2 is 1.74 bits per heavy atom. The number of carbonyl (C=O) groups is 1. The molecule has 0 amide bonds. The second-order valence-corrected chi connectivity index (χ2v) is 5.79. The minimum atomic E-state index is 0.115. The minimum Gasteiger partial charge on any atom is -0.497 e. The van der Waals surface area contributed by atoms with Gasteiger partial charge in [0, 0.05) is 24.8 Å². The number of rotatable bonds is 4. The van der Waals surface area contributed by atoms with Gasteiger partial charge in [0.15, 0.2) is 0 Å². The van der Waals surface area contributed by atoms with Gasteiger partial charge in [-0.25, -0.2) is 0 Å². The summed E-state index contributed by atoms with van der Waals surface area (Å²) >= 11 is 0. The summed E-state index contributed by atoms with van der Waals surface area (Å²) in [6.07, 6.45) is 3.33. The van der Waals surface area contributed by atoms with E-state index in [4.69, 9.17) is 4.74 Å². The summed E-state index contributed by atoms with van der Waals surface area (Å²) in [6.45, 7) is 0.993. The minimum absolute atomic E-state index is 0.115. The van der Waals surface area contributed by atoms with Gasteiger partial charge in [-0.3, -0.25) is 4.79 Å². The molecule has 1 fully saturated rings. The molecular formula is C16H23NO2. The largest absolute Gasteiger partial charge is 0.497 e. The van der Waals surface area contributed by atoms with Crippen LogP contribution in [0.4, 0.5) is 0 Å². The average Bonchev–Trinajstić information content (AvgIpc) is 2.41. The fourth-order valence-electron chi connectivity index (χ4n) is 3.10. The fourth-order valence-corrected chi connectivity index (χ4v) is 3.10. The van der Waals surface area contributed by atoms with E-state index in [2.05, 4.69) is 31.1 Å². The molecule has 19 heavy (non-hydrogen) atoms. The molecule has 0 radical (unpaired) electrons.